The average molecular weight is 258 g/mol. The Labute approximate surface area is 112 Å². The fourth-order valence-corrected chi connectivity index (χ4v) is 2.63. The fraction of sp³-hybridized carbons (Fsp3) is 0.500. The van der Waals surface area contributed by atoms with Crippen molar-refractivity contribution in [3.8, 4) is 0 Å². The van der Waals surface area contributed by atoms with Crippen LogP contribution < -0.4 is 0 Å². The third kappa shape index (κ3) is 2.26. The predicted octanol–water partition coefficient (Wildman–Crippen LogP) is 1.74. The van der Waals surface area contributed by atoms with E-state index in [9.17, 15) is 4.79 Å². The lowest BCUT2D eigenvalue weighted by atomic mass is 10.1. The summed E-state index contributed by atoms with van der Waals surface area (Å²) in [6, 6.07) is 4.19. The van der Waals surface area contributed by atoms with Crippen LogP contribution in [0.5, 0.6) is 0 Å². The highest BCUT2D eigenvalue weighted by molar-refractivity contribution is 5.74. The van der Waals surface area contributed by atoms with Crippen LogP contribution in [0, 0.1) is 0 Å². The van der Waals surface area contributed by atoms with Gasteiger partial charge in [0.25, 0.3) is 0 Å². The van der Waals surface area contributed by atoms with Crippen LogP contribution in [0.1, 0.15) is 42.4 Å². The normalized spacial score (nSPS) is 20.5. The highest BCUT2D eigenvalue weighted by Gasteiger charge is 2.28. The van der Waals surface area contributed by atoms with E-state index in [0.717, 1.165) is 37.3 Å². The van der Waals surface area contributed by atoms with Crippen molar-refractivity contribution in [2.75, 3.05) is 13.1 Å². The second-order valence-corrected chi connectivity index (χ2v) is 5.43. The second-order valence-electron chi connectivity index (χ2n) is 5.43. The predicted molar refractivity (Wildman–Crippen MR) is 72.4 cm³/mol. The van der Waals surface area contributed by atoms with Gasteiger partial charge in [-0.15, -0.1) is 0 Å². The van der Waals surface area contributed by atoms with Crippen molar-refractivity contribution >= 4 is 11.9 Å². The molecule has 1 unspecified atom stereocenters. The van der Waals surface area contributed by atoms with Gasteiger partial charge < -0.3 is 4.90 Å². The zero-order chi connectivity index (χ0) is 13.4. The van der Waals surface area contributed by atoms with Crippen molar-refractivity contribution < 1.29 is 4.79 Å². The van der Waals surface area contributed by atoms with Gasteiger partial charge >= 0.3 is 0 Å². The van der Waals surface area contributed by atoms with Gasteiger partial charge in [-0.25, -0.2) is 9.50 Å². The van der Waals surface area contributed by atoms with Crippen LogP contribution in [0.2, 0.25) is 0 Å². The molecule has 0 aromatic carbocycles. The van der Waals surface area contributed by atoms with Gasteiger partial charge in [0, 0.05) is 30.3 Å². The van der Waals surface area contributed by atoms with E-state index in [1.165, 1.54) is 0 Å². The quantitative estimate of drug-likeness (QED) is 0.787. The Balaban J connectivity index is 1.88. The van der Waals surface area contributed by atoms with E-state index in [4.69, 9.17) is 0 Å². The zero-order valence-corrected chi connectivity index (χ0v) is 11.3. The summed E-state index contributed by atoms with van der Waals surface area (Å²) in [5.41, 5.74) is 1.43. The number of nitrogens with zero attached hydrogens (tertiary/aromatic N) is 4. The van der Waals surface area contributed by atoms with Crippen LogP contribution >= 0.6 is 0 Å². The highest BCUT2D eigenvalue weighted by Crippen LogP contribution is 2.26. The third-order valence-electron chi connectivity index (χ3n) is 3.82. The van der Waals surface area contributed by atoms with Gasteiger partial charge in [0.1, 0.15) is 0 Å². The van der Waals surface area contributed by atoms with E-state index in [1.54, 1.807) is 16.8 Å². The third-order valence-corrected chi connectivity index (χ3v) is 3.82. The Morgan fingerprint density at radius 3 is 2.95 bits per heavy atom. The van der Waals surface area contributed by atoms with Gasteiger partial charge in [-0.1, -0.05) is 0 Å². The Morgan fingerprint density at radius 2 is 2.26 bits per heavy atom. The highest BCUT2D eigenvalue weighted by atomic mass is 16.1. The topological polar surface area (TPSA) is 50.5 Å². The maximum absolute atomic E-state index is 10.8. The van der Waals surface area contributed by atoms with Gasteiger partial charge in [-0.3, -0.25) is 4.79 Å². The fourth-order valence-electron chi connectivity index (χ4n) is 2.63. The van der Waals surface area contributed by atoms with Crippen LogP contribution in [-0.4, -0.2) is 44.9 Å². The van der Waals surface area contributed by atoms with Crippen LogP contribution in [0.3, 0.4) is 0 Å². The van der Waals surface area contributed by atoms with E-state index in [2.05, 4.69) is 28.8 Å². The van der Waals surface area contributed by atoms with Crippen LogP contribution in [0.25, 0.3) is 5.65 Å². The molecule has 5 heteroatoms. The van der Waals surface area contributed by atoms with Gasteiger partial charge in [0.15, 0.2) is 17.8 Å². The SMILES string of the molecule is CC(C)N1CCC(c2nc3ccc(C=O)cn3n2)C1. The summed E-state index contributed by atoms with van der Waals surface area (Å²) in [5.74, 6) is 1.30. The molecule has 0 N–H and O–H groups in total. The lowest BCUT2D eigenvalue weighted by Crippen LogP contribution is -2.28. The molecule has 3 heterocycles. The lowest BCUT2D eigenvalue weighted by molar-refractivity contribution is 0.112. The molecular weight excluding hydrogens is 240 g/mol. The van der Waals surface area contributed by atoms with E-state index >= 15 is 0 Å². The molecule has 0 saturated carbocycles. The summed E-state index contributed by atoms with van der Waals surface area (Å²) in [4.78, 5) is 17.8. The molecule has 0 aliphatic carbocycles. The Morgan fingerprint density at radius 1 is 1.42 bits per heavy atom. The van der Waals surface area contributed by atoms with E-state index in [0.29, 0.717) is 17.5 Å². The number of aromatic nitrogens is 3. The maximum atomic E-state index is 10.8. The molecule has 1 atom stereocenters. The maximum Gasteiger partial charge on any atom is 0.156 e. The Hall–Kier alpha value is -1.75. The smallest absolute Gasteiger partial charge is 0.156 e. The molecule has 0 radical (unpaired) electrons. The summed E-state index contributed by atoms with van der Waals surface area (Å²) in [5, 5.41) is 4.52. The largest absolute Gasteiger partial charge is 0.300 e. The van der Waals surface area contributed by atoms with Gasteiger partial charge in [-0.2, -0.15) is 5.10 Å². The van der Waals surface area contributed by atoms with Crippen LogP contribution in [0.15, 0.2) is 18.3 Å². The number of likely N-dealkylation sites (tertiary alicyclic amines) is 1. The molecule has 2 aromatic heterocycles. The summed E-state index contributed by atoms with van der Waals surface area (Å²) in [6.45, 7) is 6.57. The van der Waals surface area contributed by atoms with Crippen molar-refractivity contribution in [2.24, 2.45) is 0 Å². The number of pyridine rings is 1. The number of carbonyl (C=O) groups is 1. The van der Waals surface area contributed by atoms with Gasteiger partial charge in [0.2, 0.25) is 0 Å². The lowest BCUT2D eigenvalue weighted by Gasteiger charge is -2.19. The van der Waals surface area contributed by atoms with Crippen molar-refractivity contribution in [2.45, 2.75) is 32.2 Å². The van der Waals surface area contributed by atoms with Crippen molar-refractivity contribution in [1.29, 1.82) is 0 Å². The molecule has 1 fully saturated rings. The number of hydrogen-bond acceptors (Lipinski definition) is 4. The number of rotatable bonds is 3. The molecule has 1 saturated heterocycles. The first-order valence-corrected chi connectivity index (χ1v) is 6.73. The number of hydrogen-bond donors (Lipinski definition) is 0. The molecule has 3 rings (SSSR count). The van der Waals surface area contributed by atoms with Crippen LogP contribution in [0.4, 0.5) is 0 Å². The summed E-state index contributed by atoms with van der Waals surface area (Å²) in [6.07, 6.45) is 3.67. The summed E-state index contributed by atoms with van der Waals surface area (Å²) >= 11 is 0. The van der Waals surface area contributed by atoms with E-state index in [-0.39, 0.29) is 0 Å². The summed E-state index contributed by atoms with van der Waals surface area (Å²) < 4.78 is 1.71. The summed E-state index contributed by atoms with van der Waals surface area (Å²) in [7, 11) is 0. The number of carbonyl (C=O) groups excluding carboxylic acids is 1. The molecule has 0 spiro atoms. The molecule has 1 aliphatic heterocycles. The molecular formula is C14H18N4O. The molecule has 0 amide bonds. The van der Waals surface area contributed by atoms with Crippen LogP contribution in [-0.2, 0) is 0 Å². The van der Waals surface area contributed by atoms with Gasteiger partial charge in [0.05, 0.1) is 0 Å². The number of fused-ring (bicyclic) bond motifs is 1. The molecule has 2 aromatic rings. The number of aldehydes is 1. The Bertz CT molecular complexity index is 605. The van der Waals surface area contributed by atoms with Gasteiger partial charge in [-0.05, 0) is 38.9 Å². The average Bonchev–Trinajstić information content (AvgIpc) is 3.04. The first kappa shape index (κ1) is 12.3. The minimum Gasteiger partial charge on any atom is -0.300 e. The minimum absolute atomic E-state index is 0.405. The first-order valence-electron chi connectivity index (χ1n) is 6.73. The molecule has 1 aliphatic rings. The van der Waals surface area contributed by atoms with Crippen molar-refractivity contribution in [3.63, 3.8) is 0 Å². The minimum atomic E-state index is 0.405. The molecule has 5 nitrogen and oxygen atoms in total. The standard InChI is InChI=1S/C14H18N4O/c1-10(2)17-6-5-12(8-17)14-15-13-4-3-11(9-19)7-18(13)16-14/h3-4,7,9-10,12H,5-6,8H2,1-2H3. The van der Waals surface area contributed by atoms with E-state index in [1.807, 2.05) is 6.07 Å². The zero-order valence-electron chi connectivity index (χ0n) is 11.3. The molecule has 100 valence electrons. The van der Waals surface area contributed by atoms with Crippen molar-refractivity contribution in [3.05, 3.63) is 29.7 Å². The monoisotopic (exact) mass is 258 g/mol. The van der Waals surface area contributed by atoms with Crippen molar-refractivity contribution in [1.82, 2.24) is 19.5 Å². The second kappa shape index (κ2) is 4.74. The van der Waals surface area contributed by atoms with E-state index < -0.39 is 0 Å². The first-order chi connectivity index (χ1) is 9.17. The molecule has 0 bridgehead atoms. The molecule has 19 heavy (non-hydrogen) atoms. The Kier molecular flexibility index (Phi) is 3.06.